The molecule has 1 aromatic carbocycles. The first-order valence-electron chi connectivity index (χ1n) is 6.56. The summed E-state index contributed by atoms with van der Waals surface area (Å²) in [6.07, 6.45) is -2.17. The molecule has 0 radical (unpaired) electrons. The molecule has 4 nitrogen and oxygen atoms in total. The van der Waals surface area contributed by atoms with Gasteiger partial charge in [-0.3, -0.25) is 4.79 Å². The molecule has 0 bridgehead atoms. The van der Waals surface area contributed by atoms with E-state index in [9.17, 15) is 22.8 Å². The fraction of sp³-hybridized carbons (Fsp3) is 0.125. The summed E-state index contributed by atoms with van der Waals surface area (Å²) in [7, 11) is 0. The van der Waals surface area contributed by atoms with Crippen molar-refractivity contribution in [3.8, 4) is 0 Å². The van der Waals surface area contributed by atoms with E-state index in [4.69, 9.17) is 9.15 Å². The normalized spacial score (nSPS) is 11.7. The maximum Gasteiger partial charge on any atom is 0.416 e. The average molecular weight is 403 g/mol. The van der Waals surface area contributed by atoms with Gasteiger partial charge >= 0.3 is 12.1 Å². The first kappa shape index (κ1) is 18.0. The van der Waals surface area contributed by atoms with Gasteiger partial charge in [0.05, 0.1) is 5.56 Å². The third kappa shape index (κ3) is 5.09. The highest BCUT2D eigenvalue weighted by Crippen LogP contribution is 2.29. The molecule has 2 rings (SSSR count). The standard InChI is InChI=1S/C16H10BrF3O4/c17-14-6-4-12(24-14)5-7-15(22)23-9-13(21)10-2-1-3-11(8-10)16(18,19)20/h1-8H,9H2/b7-5+. The lowest BCUT2D eigenvalue weighted by Crippen LogP contribution is -2.14. The van der Waals surface area contributed by atoms with Crippen LogP contribution in [0.3, 0.4) is 0 Å². The molecule has 0 saturated carbocycles. The molecule has 0 aliphatic heterocycles. The van der Waals surface area contributed by atoms with Gasteiger partial charge in [-0.15, -0.1) is 0 Å². The van der Waals surface area contributed by atoms with Crippen molar-refractivity contribution in [1.82, 2.24) is 0 Å². The molecule has 0 unspecified atom stereocenters. The van der Waals surface area contributed by atoms with Crippen molar-refractivity contribution in [2.24, 2.45) is 0 Å². The summed E-state index contributed by atoms with van der Waals surface area (Å²) in [5.74, 6) is -1.16. The highest BCUT2D eigenvalue weighted by Gasteiger charge is 2.30. The maximum atomic E-state index is 12.6. The Kier molecular flexibility index (Phi) is 5.61. The number of carbonyl (C=O) groups is 2. The minimum atomic E-state index is -4.55. The smallest absolute Gasteiger partial charge is 0.416 e. The third-order valence-electron chi connectivity index (χ3n) is 2.84. The molecule has 1 aromatic heterocycles. The number of hydrogen-bond donors (Lipinski definition) is 0. The van der Waals surface area contributed by atoms with Crippen molar-refractivity contribution >= 4 is 33.8 Å². The number of Topliss-reactive ketones (excluding diaryl/α,β-unsaturated/α-hetero) is 1. The first-order chi connectivity index (χ1) is 11.3. The van der Waals surface area contributed by atoms with Crippen molar-refractivity contribution < 1.29 is 31.9 Å². The molecule has 0 atom stereocenters. The van der Waals surface area contributed by atoms with Crippen molar-refractivity contribution in [2.45, 2.75) is 6.18 Å². The Morgan fingerprint density at radius 3 is 2.58 bits per heavy atom. The molecular formula is C16H10BrF3O4. The SMILES string of the molecule is O=C(/C=C/c1ccc(Br)o1)OCC(=O)c1cccc(C(F)(F)F)c1. The predicted molar refractivity (Wildman–Crippen MR) is 82.2 cm³/mol. The Morgan fingerprint density at radius 1 is 1.21 bits per heavy atom. The summed E-state index contributed by atoms with van der Waals surface area (Å²) in [6, 6.07) is 7.14. The second-order valence-corrected chi connectivity index (χ2v) is 5.37. The van der Waals surface area contributed by atoms with Gasteiger partial charge in [0.1, 0.15) is 5.76 Å². The van der Waals surface area contributed by atoms with Crippen LogP contribution in [0.15, 0.2) is 51.6 Å². The Morgan fingerprint density at radius 2 is 1.96 bits per heavy atom. The number of carbonyl (C=O) groups excluding carboxylic acids is 2. The summed E-state index contributed by atoms with van der Waals surface area (Å²) in [5, 5.41) is 0. The van der Waals surface area contributed by atoms with E-state index in [0.717, 1.165) is 18.2 Å². The van der Waals surface area contributed by atoms with Crippen LogP contribution in [0.5, 0.6) is 0 Å². The number of esters is 1. The van der Waals surface area contributed by atoms with E-state index in [1.54, 1.807) is 12.1 Å². The molecule has 0 amide bonds. The molecule has 1 heterocycles. The monoisotopic (exact) mass is 402 g/mol. The lowest BCUT2D eigenvalue weighted by Gasteiger charge is -2.08. The molecule has 0 aliphatic carbocycles. The van der Waals surface area contributed by atoms with Crippen LogP contribution in [0.1, 0.15) is 21.7 Å². The Balaban J connectivity index is 1.93. The molecule has 24 heavy (non-hydrogen) atoms. The molecular weight excluding hydrogens is 393 g/mol. The minimum Gasteiger partial charge on any atom is -0.454 e. The molecule has 0 fully saturated rings. The van der Waals surface area contributed by atoms with Crippen LogP contribution in [0, 0.1) is 0 Å². The van der Waals surface area contributed by atoms with E-state index in [0.29, 0.717) is 16.5 Å². The fourth-order valence-electron chi connectivity index (χ4n) is 1.71. The largest absolute Gasteiger partial charge is 0.454 e. The summed E-state index contributed by atoms with van der Waals surface area (Å²) >= 11 is 3.09. The molecule has 8 heteroatoms. The van der Waals surface area contributed by atoms with Crippen molar-refractivity contribution in [1.29, 1.82) is 0 Å². The number of benzene rings is 1. The number of ether oxygens (including phenoxy) is 1. The van der Waals surface area contributed by atoms with Crippen LogP contribution < -0.4 is 0 Å². The zero-order chi connectivity index (χ0) is 17.7. The summed E-state index contributed by atoms with van der Waals surface area (Å²) in [6.45, 7) is -0.660. The quantitative estimate of drug-likeness (QED) is 0.419. The van der Waals surface area contributed by atoms with Gasteiger partial charge in [0.15, 0.2) is 17.1 Å². The Labute approximate surface area is 143 Å². The van der Waals surface area contributed by atoms with Crippen molar-refractivity contribution in [3.05, 3.63) is 64.0 Å². The van der Waals surface area contributed by atoms with Crippen LogP contribution in [-0.2, 0) is 15.7 Å². The van der Waals surface area contributed by atoms with E-state index in [-0.39, 0.29) is 5.56 Å². The molecule has 0 N–H and O–H groups in total. The number of rotatable bonds is 5. The first-order valence-corrected chi connectivity index (χ1v) is 7.35. The van der Waals surface area contributed by atoms with E-state index in [1.165, 1.54) is 12.1 Å². The van der Waals surface area contributed by atoms with Crippen LogP contribution in [-0.4, -0.2) is 18.4 Å². The van der Waals surface area contributed by atoms with Gasteiger partial charge in [-0.05, 0) is 46.3 Å². The Bertz CT molecular complexity index is 778. The lowest BCUT2D eigenvalue weighted by molar-refractivity contribution is -0.138. The van der Waals surface area contributed by atoms with E-state index in [2.05, 4.69) is 15.9 Å². The minimum absolute atomic E-state index is 0.184. The fourth-order valence-corrected chi connectivity index (χ4v) is 2.02. The number of alkyl halides is 3. The average Bonchev–Trinajstić information content (AvgIpc) is 2.95. The summed E-state index contributed by atoms with van der Waals surface area (Å²) in [5.41, 5.74) is -1.13. The van der Waals surface area contributed by atoms with Crippen LogP contribution >= 0.6 is 15.9 Å². The zero-order valence-electron chi connectivity index (χ0n) is 12.0. The van der Waals surface area contributed by atoms with Gasteiger partial charge in [-0.2, -0.15) is 13.2 Å². The molecule has 126 valence electrons. The van der Waals surface area contributed by atoms with Gasteiger partial charge in [0.25, 0.3) is 0 Å². The highest BCUT2D eigenvalue weighted by atomic mass is 79.9. The Hall–Kier alpha value is -2.35. The number of halogens is 4. The van der Waals surface area contributed by atoms with Gasteiger partial charge < -0.3 is 9.15 Å². The van der Waals surface area contributed by atoms with E-state index in [1.807, 2.05) is 0 Å². The van der Waals surface area contributed by atoms with Crippen LogP contribution in [0.2, 0.25) is 0 Å². The van der Waals surface area contributed by atoms with Crippen LogP contribution in [0.25, 0.3) is 6.08 Å². The maximum absolute atomic E-state index is 12.6. The van der Waals surface area contributed by atoms with Crippen LogP contribution in [0.4, 0.5) is 13.2 Å². The van der Waals surface area contributed by atoms with Crippen molar-refractivity contribution in [3.63, 3.8) is 0 Å². The molecule has 0 saturated heterocycles. The van der Waals surface area contributed by atoms with E-state index < -0.39 is 30.1 Å². The number of ketones is 1. The molecule has 2 aromatic rings. The molecule has 0 spiro atoms. The third-order valence-corrected chi connectivity index (χ3v) is 3.26. The highest BCUT2D eigenvalue weighted by molar-refractivity contribution is 9.10. The number of furan rings is 1. The van der Waals surface area contributed by atoms with Gasteiger partial charge in [-0.1, -0.05) is 12.1 Å². The second kappa shape index (κ2) is 7.48. The zero-order valence-corrected chi connectivity index (χ0v) is 13.6. The van der Waals surface area contributed by atoms with Gasteiger partial charge in [-0.25, -0.2) is 4.79 Å². The van der Waals surface area contributed by atoms with Crippen molar-refractivity contribution in [2.75, 3.05) is 6.61 Å². The van der Waals surface area contributed by atoms with Gasteiger partial charge in [0.2, 0.25) is 0 Å². The van der Waals surface area contributed by atoms with E-state index >= 15 is 0 Å². The topological polar surface area (TPSA) is 56.5 Å². The lowest BCUT2D eigenvalue weighted by atomic mass is 10.1. The summed E-state index contributed by atoms with van der Waals surface area (Å²) in [4.78, 5) is 23.3. The predicted octanol–water partition coefficient (Wildman–Crippen LogP) is 4.50. The number of hydrogen-bond acceptors (Lipinski definition) is 4. The second-order valence-electron chi connectivity index (χ2n) is 4.58. The van der Waals surface area contributed by atoms with Gasteiger partial charge in [0, 0.05) is 11.6 Å². The summed E-state index contributed by atoms with van der Waals surface area (Å²) < 4.78 is 48.1. The molecule has 0 aliphatic rings.